The predicted octanol–water partition coefficient (Wildman–Crippen LogP) is 3.50. The molecule has 4 heterocycles. The third kappa shape index (κ3) is 6.20. The lowest BCUT2D eigenvalue weighted by atomic mass is 9.81. The third-order valence-electron chi connectivity index (χ3n) is 11.5. The first-order chi connectivity index (χ1) is 22.1. The number of nitrogens with zero attached hydrogens (tertiary/aromatic N) is 4. The molecule has 0 bridgehead atoms. The molecule has 0 saturated carbocycles. The number of aryl methyl sites for hydroxylation is 1. The first-order valence-corrected chi connectivity index (χ1v) is 17.0. The van der Waals surface area contributed by atoms with Crippen molar-refractivity contribution in [2.24, 2.45) is 0 Å². The number of amides is 3. The molecule has 3 saturated heterocycles. The van der Waals surface area contributed by atoms with Crippen LogP contribution in [0.5, 0.6) is 0 Å². The van der Waals surface area contributed by atoms with E-state index in [-0.39, 0.29) is 36.1 Å². The minimum atomic E-state index is -1.17. The first kappa shape index (κ1) is 32.6. The predicted molar refractivity (Wildman–Crippen MR) is 174 cm³/mol. The first-order valence-electron chi connectivity index (χ1n) is 17.0. The zero-order valence-corrected chi connectivity index (χ0v) is 27.3. The number of carbonyl (C=O) groups is 3. The molecule has 0 spiro atoms. The van der Waals surface area contributed by atoms with E-state index in [9.17, 15) is 24.6 Å². The number of benzene rings is 2. The Morgan fingerprint density at radius 1 is 1.04 bits per heavy atom. The molecule has 6 rings (SSSR count). The van der Waals surface area contributed by atoms with Crippen LogP contribution in [0.4, 0.5) is 15.3 Å². The number of aldehydes is 1. The number of hydrogen-bond acceptors (Lipinski definition) is 7. The monoisotopic (exact) mass is 631 g/mol. The van der Waals surface area contributed by atoms with Crippen LogP contribution in [0.25, 0.3) is 0 Å². The number of likely N-dealkylation sites (tertiary alicyclic amines) is 3. The summed E-state index contributed by atoms with van der Waals surface area (Å²) >= 11 is 0. The SMILES string of the molecule is Cc1cccc(C[N@+]2(C(=O)[O-])CCC(N3CCc4ccccc4NC3=O)CC2(CC=O)N2CCC(N3CCC(C)(O)CC3)CC2)c1. The fourth-order valence-corrected chi connectivity index (χ4v) is 8.85. The number of carbonyl (C=O) groups excluding carboxylic acids is 3. The summed E-state index contributed by atoms with van der Waals surface area (Å²) < 4.78 is -0.362. The zero-order chi connectivity index (χ0) is 32.5. The molecule has 2 unspecified atom stereocenters. The highest BCUT2D eigenvalue weighted by molar-refractivity contribution is 5.91. The van der Waals surface area contributed by atoms with E-state index in [1.807, 2.05) is 67.3 Å². The fraction of sp³-hybridized carbons (Fsp3) is 0.583. The molecule has 4 aliphatic rings. The molecule has 248 valence electrons. The van der Waals surface area contributed by atoms with Crippen LogP contribution < -0.4 is 10.4 Å². The van der Waals surface area contributed by atoms with E-state index in [1.165, 1.54) is 0 Å². The second-order valence-corrected chi connectivity index (χ2v) is 14.4. The number of rotatable bonds is 7. The number of hydrogen-bond donors (Lipinski definition) is 2. The molecule has 2 N–H and O–H groups in total. The summed E-state index contributed by atoms with van der Waals surface area (Å²) in [4.78, 5) is 46.6. The van der Waals surface area contributed by atoms with E-state index in [4.69, 9.17) is 0 Å². The summed E-state index contributed by atoms with van der Waals surface area (Å²) in [5, 5.41) is 27.2. The maximum Gasteiger partial charge on any atom is 0.322 e. The van der Waals surface area contributed by atoms with Crippen molar-refractivity contribution in [3.8, 4) is 0 Å². The summed E-state index contributed by atoms with van der Waals surface area (Å²) in [6.45, 7) is 7.89. The van der Waals surface area contributed by atoms with E-state index in [1.54, 1.807) is 0 Å². The minimum absolute atomic E-state index is 0.0379. The fourth-order valence-electron chi connectivity index (χ4n) is 8.85. The zero-order valence-electron chi connectivity index (χ0n) is 27.3. The molecular weight excluding hydrogens is 582 g/mol. The molecule has 0 radical (unpaired) electrons. The van der Waals surface area contributed by atoms with Crippen molar-refractivity contribution < 1.29 is 29.1 Å². The molecule has 3 amide bonds. The Morgan fingerprint density at radius 3 is 2.48 bits per heavy atom. The van der Waals surface area contributed by atoms with E-state index in [2.05, 4.69) is 15.1 Å². The minimum Gasteiger partial charge on any atom is -0.498 e. The van der Waals surface area contributed by atoms with Crippen molar-refractivity contribution in [1.29, 1.82) is 0 Å². The van der Waals surface area contributed by atoms with Crippen molar-refractivity contribution in [3.05, 3.63) is 65.2 Å². The van der Waals surface area contributed by atoms with Gasteiger partial charge in [0.2, 0.25) is 0 Å². The van der Waals surface area contributed by atoms with Gasteiger partial charge in [0.05, 0.1) is 18.6 Å². The van der Waals surface area contributed by atoms with Gasteiger partial charge in [0, 0.05) is 68.9 Å². The van der Waals surface area contributed by atoms with Crippen molar-refractivity contribution in [3.63, 3.8) is 0 Å². The Labute approximate surface area is 272 Å². The second-order valence-electron chi connectivity index (χ2n) is 14.4. The Balaban J connectivity index is 1.33. The molecular formula is C36H49N5O5. The molecule has 0 aromatic heterocycles. The molecule has 3 atom stereocenters. The van der Waals surface area contributed by atoms with Crippen LogP contribution in [0, 0.1) is 6.92 Å². The summed E-state index contributed by atoms with van der Waals surface area (Å²) in [7, 11) is 0. The van der Waals surface area contributed by atoms with Gasteiger partial charge in [0.15, 0.2) is 5.66 Å². The number of anilines is 1. The van der Waals surface area contributed by atoms with Gasteiger partial charge in [-0.3, -0.25) is 9.38 Å². The van der Waals surface area contributed by atoms with Gasteiger partial charge in [0.1, 0.15) is 12.8 Å². The van der Waals surface area contributed by atoms with Crippen LogP contribution in [0.2, 0.25) is 0 Å². The van der Waals surface area contributed by atoms with Crippen molar-refractivity contribution in [1.82, 2.24) is 14.7 Å². The number of aliphatic hydroxyl groups is 1. The Kier molecular flexibility index (Phi) is 9.26. The van der Waals surface area contributed by atoms with E-state index < -0.39 is 17.4 Å². The average molecular weight is 632 g/mol. The maximum atomic E-state index is 13.7. The van der Waals surface area contributed by atoms with Gasteiger partial charge >= 0.3 is 6.03 Å². The molecule has 0 aliphatic carbocycles. The van der Waals surface area contributed by atoms with E-state index in [0.29, 0.717) is 44.9 Å². The number of piperidine rings is 3. The summed E-state index contributed by atoms with van der Waals surface area (Å²) in [5.74, 6) is 0. The highest BCUT2D eigenvalue weighted by Crippen LogP contribution is 2.45. The maximum absolute atomic E-state index is 13.7. The molecule has 46 heavy (non-hydrogen) atoms. The number of para-hydroxylation sites is 1. The molecule has 10 heteroatoms. The smallest absolute Gasteiger partial charge is 0.322 e. The van der Waals surface area contributed by atoms with Crippen LogP contribution in [0.3, 0.4) is 0 Å². The van der Waals surface area contributed by atoms with Crippen LogP contribution in [0.1, 0.15) is 68.6 Å². The van der Waals surface area contributed by atoms with Gasteiger partial charge in [0.25, 0.3) is 6.09 Å². The number of fused-ring (bicyclic) bond motifs is 1. The van der Waals surface area contributed by atoms with Crippen LogP contribution >= 0.6 is 0 Å². The Bertz CT molecular complexity index is 1430. The van der Waals surface area contributed by atoms with Crippen molar-refractivity contribution in [2.75, 3.05) is 44.6 Å². The largest absolute Gasteiger partial charge is 0.498 e. The van der Waals surface area contributed by atoms with Crippen molar-refractivity contribution in [2.45, 2.75) is 95.1 Å². The lowest BCUT2D eigenvalue weighted by molar-refractivity contribution is -0.956. The summed E-state index contributed by atoms with van der Waals surface area (Å²) in [5.41, 5.74) is 2.14. The topological polar surface area (TPSA) is 116 Å². The van der Waals surface area contributed by atoms with Gasteiger partial charge in [-0.05, 0) is 57.6 Å². The number of carboxylic acid groups (broad SMARTS) is 1. The second kappa shape index (κ2) is 13.1. The average Bonchev–Trinajstić information content (AvgIpc) is 3.20. The van der Waals surface area contributed by atoms with E-state index in [0.717, 1.165) is 67.4 Å². The number of quaternary nitrogens is 1. The highest BCUT2D eigenvalue weighted by atomic mass is 16.4. The van der Waals surface area contributed by atoms with Gasteiger partial charge in [-0.1, -0.05) is 48.0 Å². The quantitative estimate of drug-likeness (QED) is 0.355. The van der Waals surface area contributed by atoms with Gasteiger partial charge < -0.3 is 34.9 Å². The Hall–Kier alpha value is -3.31. The van der Waals surface area contributed by atoms with Gasteiger partial charge in [-0.25, -0.2) is 4.79 Å². The van der Waals surface area contributed by atoms with Crippen molar-refractivity contribution >= 4 is 24.1 Å². The molecule has 10 nitrogen and oxygen atoms in total. The van der Waals surface area contributed by atoms with Crippen LogP contribution in [0.15, 0.2) is 48.5 Å². The standard InChI is InChI=1S/C36H49N5O5/c1-27-6-5-7-28(24-27)26-41(34(44)45)22-13-31(40-19-10-29-8-3-4-9-32(29)37-33(40)43)25-36(41,16-23-42)39-17-11-30(12-18-39)38-20-14-35(2,46)15-21-38/h3-9,23-24,30-31,46H,10-22,25-26H2,1-2H3,(H-,37,43,44,45)/t31?,36?,41-/m0/s1. The lowest BCUT2D eigenvalue weighted by Crippen LogP contribution is -2.80. The summed E-state index contributed by atoms with van der Waals surface area (Å²) in [6, 6.07) is 15.7. The molecule has 2 aromatic rings. The highest BCUT2D eigenvalue weighted by Gasteiger charge is 2.61. The lowest BCUT2D eigenvalue weighted by Gasteiger charge is -2.62. The van der Waals surface area contributed by atoms with Crippen LogP contribution in [-0.2, 0) is 17.8 Å². The molecule has 4 aliphatic heterocycles. The number of urea groups is 1. The molecule has 2 aromatic carbocycles. The van der Waals surface area contributed by atoms with Gasteiger partial charge in [-0.15, -0.1) is 0 Å². The molecule has 3 fully saturated rings. The van der Waals surface area contributed by atoms with Gasteiger partial charge in [-0.2, -0.15) is 0 Å². The third-order valence-corrected chi connectivity index (χ3v) is 11.5. The normalized spacial score (nSPS) is 29.4. The summed E-state index contributed by atoms with van der Waals surface area (Å²) in [6.07, 6.45) is 4.50. The van der Waals surface area contributed by atoms with E-state index >= 15 is 0 Å². The van der Waals surface area contributed by atoms with Crippen LogP contribution in [-0.4, -0.2) is 105 Å². The number of nitrogens with one attached hydrogen (secondary N) is 1. The Morgan fingerprint density at radius 2 is 1.78 bits per heavy atom.